The number of amides is 2. The van der Waals surface area contributed by atoms with Crippen LogP contribution in [0.15, 0.2) is 59.3 Å². The van der Waals surface area contributed by atoms with Gasteiger partial charge in [-0.15, -0.1) is 12.4 Å². The first-order valence-electron chi connectivity index (χ1n) is 13.1. The van der Waals surface area contributed by atoms with Gasteiger partial charge < -0.3 is 8.98 Å². The predicted molar refractivity (Wildman–Crippen MR) is 149 cm³/mol. The van der Waals surface area contributed by atoms with Crippen molar-refractivity contribution in [1.82, 2.24) is 15.2 Å². The number of carbonyl (C=O) groups is 2. The highest BCUT2D eigenvalue weighted by Crippen LogP contribution is 2.43. The molecule has 0 bridgehead atoms. The van der Waals surface area contributed by atoms with Crippen LogP contribution in [0.3, 0.4) is 0 Å². The molecule has 2 aromatic heterocycles. The van der Waals surface area contributed by atoms with E-state index in [1.807, 2.05) is 30.5 Å². The molecule has 0 saturated heterocycles. The number of para-hydroxylation sites is 1. The smallest absolute Gasteiger partial charge is 0.259 e. The van der Waals surface area contributed by atoms with Crippen molar-refractivity contribution in [2.24, 2.45) is 0 Å². The van der Waals surface area contributed by atoms with Gasteiger partial charge in [0.2, 0.25) is 0 Å². The zero-order valence-corrected chi connectivity index (χ0v) is 22.3. The molecule has 2 N–H and O–H groups in total. The fraction of sp³-hybridized carbons (Fsp3) is 0.333. The van der Waals surface area contributed by atoms with E-state index in [1.54, 1.807) is 18.4 Å². The molecule has 1 aliphatic carbocycles. The second-order valence-corrected chi connectivity index (χ2v) is 10.3. The zero-order valence-electron chi connectivity index (χ0n) is 21.5. The first kappa shape index (κ1) is 26.2. The summed E-state index contributed by atoms with van der Waals surface area (Å²) < 4.78 is 23.4. The second-order valence-electron chi connectivity index (χ2n) is 10.3. The van der Waals surface area contributed by atoms with Crippen molar-refractivity contribution in [1.29, 1.82) is 0 Å². The Bertz CT molecular complexity index is 1580. The predicted octanol–water partition coefficient (Wildman–Crippen LogP) is 6.52. The monoisotopic (exact) mass is 535 g/mol. The summed E-state index contributed by atoms with van der Waals surface area (Å²) in [7, 11) is 0. The van der Waals surface area contributed by atoms with Crippen molar-refractivity contribution in [3.8, 4) is 0 Å². The summed E-state index contributed by atoms with van der Waals surface area (Å²) in [5.74, 6) is -1.46. The topological polar surface area (TPSA) is 76.3 Å². The quantitative estimate of drug-likeness (QED) is 0.276. The van der Waals surface area contributed by atoms with Crippen LogP contribution in [0.25, 0.3) is 33.0 Å². The molecule has 3 heterocycles. The van der Waals surface area contributed by atoms with Crippen LogP contribution >= 0.6 is 12.4 Å². The molecule has 2 amide bonds. The third kappa shape index (κ3) is 4.05. The first-order valence-corrected chi connectivity index (χ1v) is 13.1. The van der Waals surface area contributed by atoms with Crippen LogP contribution in [0.4, 0.5) is 4.39 Å². The Morgan fingerprint density at radius 1 is 1.03 bits per heavy atom. The zero-order chi connectivity index (χ0) is 25.7. The van der Waals surface area contributed by atoms with Gasteiger partial charge in [-0.1, -0.05) is 37.6 Å². The number of imide groups is 1. The number of hydrogen-bond donors (Lipinski definition) is 2. The number of halogens is 2. The molecule has 0 radical (unpaired) electrons. The maximum Gasteiger partial charge on any atom is 0.259 e. The maximum absolute atomic E-state index is 15.6. The van der Waals surface area contributed by atoms with Gasteiger partial charge in [0, 0.05) is 34.1 Å². The third-order valence-corrected chi connectivity index (χ3v) is 8.00. The lowest BCUT2D eigenvalue weighted by Crippen LogP contribution is -2.52. The van der Waals surface area contributed by atoms with Crippen LogP contribution < -0.4 is 10.6 Å². The number of furan rings is 1. The van der Waals surface area contributed by atoms with Crippen molar-refractivity contribution < 1.29 is 18.4 Å². The highest BCUT2D eigenvalue weighted by molar-refractivity contribution is 6.50. The molecule has 6 nitrogen and oxygen atoms in total. The van der Waals surface area contributed by atoms with E-state index in [0.29, 0.717) is 27.6 Å². The Balaban J connectivity index is 0.00000294. The number of aromatic nitrogens is 1. The summed E-state index contributed by atoms with van der Waals surface area (Å²) in [4.78, 5) is 26.5. The molecule has 6 rings (SSSR count). The lowest BCUT2D eigenvalue weighted by Gasteiger charge is -2.42. The summed E-state index contributed by atoms with van der Waals surface area (Å²) in [6, 6.07) is 12.6. The molecule has 1 saturated carbocycles. The van der Waals surface area contributed by atoms with Gasteiger partial charge in [0.15, 0.2) is 0 Å². The number of nitrogens with zero attached hydrogens (tertiary/aromatic N) is 1. The summed E-state index contributed by atoms with van der Waals surface area (Å²) >= 11 is 0. The van der Waals surface area contributed by atoms with Crippen molar-refractivity contribution in [3.63, 3.8) is 0 Å². The Morgan fingerprint density at radius 3 is 2.47 bits per heavy atom. The number of fused-ring (bicyclic) bond motifs is 2. The van der Waals surface area contributed by atoms with Gasteiger partial charge in [-0.25, -0.2) is 4.39 Å². The minimum Gasteiger partial charge on any atom is -0.464 e. The molecule has 4 aromatic rings. The van der Waals surface area contributed by atoms with Crippen LogP contribution in [0.5, 0.6) is 0 Å². The van der Waals surface area contributed by atoms with Crippen LogP contribution in [0.2, 0.25) is 0 Å². The number of carbonyl (C=O) groups excluding carboxylic acids is 2. The van der Waals surface area contributed by atoms with E-state index < -0.39 is 23.3 Å². The highest BCUT2D eigenvalue weighted by Gasteiger charge is 2.40. The van der Waals surface area contributed by atoms with Gasteiger partial charge in [-0.3, -0.25) is 20.2 Å². The van der Waals surface area contributed by atoms with Crippen LogP contribution in [-0.4, -0.2) is 22.4 Å². The second kappa shape index (κ2) is 10.0. The molecule has 1 fully saturated rings. The summed E-state index contributed by atoms with van der Waals surface area (Å²) in [5.41, 5.74) is 2.15. The summed E-state index contributed by atoms with van der Waals surface area (Å²) in [6.07, 6.45) is 9.47. The van der Waals surface area contributed by atoms with E-state index >= 15 is 4.39 Å². The lowest BCUT2D eigenvalue weighted by atomic mass is 9.87. The normalized spacial score (nSPS) is 18.2. The molecule has 2 aromatic carbocycles. The average molecular weight is 536 g/mol. The Kier molecular flexibility index (Phi) is 6.92. The molecule has 1 atom stereocenters. The molecule has 198 valence electrons. The van der Waals surface area contributed by atoms with Crippen molar-refractivity contribution in [2.75, 3.05) is 0 Å². The molecule has 38 heavy (non-hydrogen) atoms. The number of hydrogen-bond acceptors (Lipinski definition) is 4. The van der Waals surface area contributed by atoms with E-state index in [4.69, 9.17) is 4.42 Å². The standard InChI is InChI=1S/C30H30FN3O3.ClH/c1-3-18(2)33-30(14-5-4-6-15-30)34-17-21(24-22(31)11-8-12-23(24)34)26-25(28(35)32-29(26)36)20-10-7-9-19-13-16-37-27(19)20;/h7-13,16-18,33H,3-6,14-15H2,1-2H3,(H,32,35,36);1H. The fourth-order valence-corrected chi connectivity index (χ4v) is 6.10. The minimum absolute atomic E-state index is 0. The molecule has 2 aliphatic rings. The van der Waals surface area contributed by atoms with Crippen LogP contribution in [0.1, 0.15) is 63.5 Å². The van der Waals surface area contributed by atoms with E-state index in [2.05, 4.69) is 29.0 Å². The van der Waals surface area contributed by atoms with E-state index in [-0.39, 0.29) is 29.6 Å². The molecular weight excluding hydrogens is 505 g/mol. The van der Waals surface area contributed by atoms with Crippen molar-refractivity contribution >= 4 is 57.2 Å². The van der Waals surface area contributed by atoms with E-state index in [1.165, 1.54) is 6.07 Å². The number of rotatable bonds is 6. The van der Waals surface area contributed by atoms with Gasteiger partial charge in [0.05, 0.1) is 28.6 Å². The number of nitrogens with one attached hydrogen (secondary N) is 2. The maximum atomic E-state index is 15.6. The van der Waals surface area contributed by atoms with Gasteiger partial charge in [-0.05, 0) is 57.2 Å². The average Bonchev–Trinajstić information content (AvgIpc) is 3.60. The Labute approximate surface area is 226 Å². The van der Waals surface area contributed by atoms with Crippen molar-refractivity contribution in [3.05, 3.63) is 71.9 Å². The summed E-state index contributed by atoms with van der Waals surface area (Å²) in [6.45, 7) is 4.31. The summed E-state index contributed by atoms with van der Waals surface area (Å²) in [5, 5.41) is 7.47. The van der Waals surface area contributed by atoms with Gasteiger partial charge >= 0.3 is 0 Å². The SMILES string of the molecule is CCC(C)NC1(n2cc(C3=C(c4cccc5ccoc45)C(=O)NC3=O)c3c(F)cccc32)CCCCC1.Cl. The number of benzene rings is 2. The Morgan fingerprint density at radius 2 is 1.74 bits per heavy atom. The molecular formula is C30H31ClFN3O3. The first-order chi connectivity index (χ1) is 17.9. The molecule has 0 spiro atoms. The van der Waals surface area contributed by atoms with Crippen molar-refractivity contribution in [2.45, 2.75) is 64.1 Å². The molecule has 1 unspecified atom stereocenters. The van der Waals surface area contributed by atoms with Gasteiger partial charge in [0.25, 0.3) is 11.8 Å². The fourth-order valence-electron chi connectivity index (χ4n) is 6.10. The van der Waals surface area contributed by atoms with Gasteiger partial charge in [0.1, 0.15) is 11.4 Å². The van der Waals surface area contributed by atoms with E-state index in [0.717, 1.165) is 43.9 Å². The minimum atomic E-state index is -0.529. The third-order valence-electron chi connectivity index (χ3n) is 8.00. The Hall–Kier alpha value is -3.42. The molecule has 8 heteroatoms. The van der Waals surface area contributed by atoms with Gasteiger partial charge in [-0.2, -0.15) is 0 Å². The largest absolute Gasteiger partial charge is 0.464 e. The van der Waals surface area contributed by atoms with Crippen LogP contribution in [-0.2, 0) is 15.3 Å². The van der Waals surface area contributed by atoms with E-state index in [9.17, 15) is 9.59 Å². The van der Waals surface area contributed by atoms with Crippen LogP contribution in [0, 0.1) is 5.82 Å². The lowest BCUT2D eigenvalue weighted by molar-refractivity contribution is -0.122. The molecule has 1 aliphatic heterocycles. The highest BCUT2D eigenvalue weighted by atomic mass is 35.5.